The maximum atomic E-state index is 13.8. The average molecular weight is 525 g/mol. The van der Waals surface area contributed by atoms with Crippen LogP contribution in [0.15, 0.2) is 24.3 Å². The second kappa shape index (κ2) is 11.4. The van der Waals surface area contributed by atoms with Crippen LogP contribution in [0.4, 0.5) is 5.69 Å². The molecule has 1 aromatic rings. The van der Waals surface area contributed by atoms with Crippen LogP contribution in [-0.4, -0.2) is 96.9 Å². The standard InChI is InChI=1S/C28H40N6O4/c1-18(2)16-22(31-26(36)19-5-7-20(8-6-19)32-14-11-29-12-15-32)28(38)34-23-9-13-33(24(23)17-25(34)35)27(37)21-4-3-10-30-21/h5-8,18,21-24,29-30H,3-4,9-17H2,1-2H3,(H,31,36). The third-order valence-corrected chi connectivity index (χ3v) is 8.30. The molecule has 10 nitrogen and oxygen atoms in total. The molecule has 38 heavy (non-hydrogen) atoms. The predicted molar refractivity (Wildman–Crippen MR) is 144 cm³/mol. The van der Waals surface area contributed by atoms with E-state index < -0.39 is 6.04 Å². The number of carbonyl (C=O) groups excluding carboxylic acids is 4. The number of benzene rings is 1. The second-order valence-electron chi connectivity index (χ2n) is 11.3. The van der Waals surface area contributed by atoms with Crippen LogP contribution in [0.25, 0.3) is 0 Å². The number of hydrogen-bond donors (Lipinski definition) is 3. The number of nitrogens with one attached hydrogen (secondary N) is 3. The van der Waals surface area contributed by atoms with E-state index >= 15 is 0 Å². The van der Waals surface area contributed by atoms with Crippen molar-refractivity contribution >= 4 is 29.3 Å². The number of hydrogen-bond acceptors (Lipinski definition) is 7. The molecular weight excluding hydrogens is 484 g/mol. The van der Waals surface area contributed by atoms with Gasteiger partial charge in [0.25, 0.3) is 11.8 Å². The van der Waals surface area contributed by atoms with Crippen molar-refractivity contribution in [3.8, 4) is 0 Å². The number of piperazine rings is 1. The summed E-state index contributed by atoms with van der Waals surface area (Å²) in [5.74, 6) is -0.772. The van der Waals surface area contributed by atoms with E-state index in [1.165, 1.54) is 4.90 Å². The molecular formula is C28H40N6O4. The molecule has 10 heteroatoms. The molecule has 1 aromatic carbocycles. The second-order valence-corrected chi connectivity index (χ2v) is 11.3. The van der Waals surface area contributed by atoms with E-state index in [4.69, 9.17) is 0 Å². The minimum atomic E-state index is -0.806. The van der Waals surface area contributed by atoms with E-state index in [9.17, 15) is 19.2 Å². The minimum Gasteiger partial charge on any atom is -0.369 e. The van der Waals surface area contributed by atoms with Crippen molar-refractivity contribution < 1.29 is 19.2 Å². The van der Waals surface area contributed by atoms with E-state index in [-0.39, 0.29) is 54.1 Å². The lowest BCUT2D eigenvalue weighted by Crippen LogP contribution is -2.53. The Morgan fingerprint density at radius 1 is 1.00 bits per heavy atom. The zero-order valence-corrected chi connectivity index (χ0v) is 22.4. The molecule has 4 atom stereocenters. The van der Waals surface area contributed by atoms with Crippen molar-refractivity contribution in [2.75, 3.05) is 44.2 Å². The molecule has 0 saturated carbocycles. The average Bonchev–Trinajstić information content (AvgIpc) is 3.65. The SMILES string of the molecule is CC(C)CC(NC(=O)c1ccc(N2CCNCC2)cc1)C(=O)N1C(=O)CC2C1CCN2C(=O)C1CCCN1. The summed E-state index contributed by atoms with van der Waals surface area (Å²) in [7, 11) is 0. The third kappa shape index (κ3) is 5.42. The van der Waals surface area contributed by atoms with Crippen molar-refractivity contribution in [3.05, 3.63) is 29.8 Å². The number of carbonyl (C=O) groups is 4. The summed E-state index contributed by atoms with van der Waals surface area (Å²) in [5.41, 5.74) is 1.55. The monoisotopic (exact) mass is 524 g/mol. The van der Waals surface area contributed by atoms with Crippen molar-refractivity contribution in [3.63, 3.8) is 0 Å². The smallest absolute Gasteiger partial charge is 0.252 e. The third-order valence-electron chi connectivity index (χ3n) is 8.30. The summed E-state index contributed by atoms with van der Waals surface area (Å²) in [6.45, 7) is 9.07. The van der Waals surface area contributed by atoms with Gasteiger partial charge >= 0.3 is 0 Å². The molecule has 5 rings (SSSR count). The Kier molecular flexibility index (Phi) is 7.99. The van der Waals surface area contributed by atoms with Gasteiger partial charge < -0.3 is 25.8 Å². The van der Waals surface area contributed by atoms with Crippen molar-refractivity contribution in [1.29, 1.82) is 0 Å². The van der Waals surface area contributed by atoms with E-state index in [0.29, 0.717) is 24.9 Å². The molecule has 0 radical (unpaired) electrons. The first-order valence-electron chi connectivity index (χ1n) is 14.1. The topological polar surface area (TPSA) is 114 Å². The summed E-state index contributed by atoms with van der Waals surface area (Å²) in [6, 6.07) is 5.85. The number of imide groups is 1. The summed E-state index contributed by atoms with van der Waals surface area (Å²) >= 11 is 0. The van der Waals surface area contributed by atoms with Gasteiger partial charge in [0.2, 0.25) is 11.8 Å². The molecule has 0 bridgehead atoms. The Balaban J connectivity index is 1.26. The van der Waals surface area contributed by atoms with Gasteiger partial charge in [-0.2, -0.15) is 0 Å². The van der Waals surface area contributed by atoms with Gasteiger partial charge in [0.1, 0.15) is 6.04 Å². The first-order valence-corrected chi connectivity index (χ1v) is 14.1. The fraction of sp³-hybridized carbons (Fsp3) is 0.643. The number of rotatable bonds is 7. The van der Waals surface area contributed by atoms with Crippen molar-refractivity contribution in [1.82, 2.24) is 25.8 Å². The van der Waals surface area contributed by atoms with Crippen molar-refractivity contribution in [2.45, 2.75) is 70.1 Å². The zero-order chi connectivity index (χ0) is 26.8. The number of anilines is 1. The maximum absolute atomic E-state index is 13.8. The Morgan fingerprint density at radius 2 is 1.74 bits per heavy atom. The van der Waals surface area contributed by atoms with Crippen LogP contribution in [-0.2, 0) is 14.4 Å². The lowest BCUT2D eigenvalue weighted by molar-refractivity contribution is -0.145. The lowest BCUT2D eigenvalue weighted by Gasteiger charge is -2.30. The van der Waals surface area contributed by atoms with Crippen LogP contribution >= 0.6 is 0 Å². The highest BCUT2D eigenvalue weighted by Crippen LogP contribution is 2.34. The number of amides is 4. The molecule has 4 aliphatic heterocycles. The molecule has 0 spiro atoms. The first kappa shape index (κ1) is 26.6. The van der Waals surface area contributed by atoms with Crippen LogP contribution in [0, 0.1) is 5.92 Å². The zero-order valence-electron chi connectivity index (χ0n) is 22.4. The first-order chi connectivity index (χ1) is 18.3. The van der Waals surface area contributed by atoms with E-state index in [0.717, 1.165) is 51.3 Å². The van der Waals surface area contributed by atoms with Gasteiger partial charge in [-0.05, 0) is 62.4 Å². The van der Waals surface area contributed by atoms with Gasteiger partial charge in [-0.1, -0.05) is 13.8 Å². The molecule has 0 aromatic heterocycles. The molecule has 4 heterocycles. The Morgan fingerprint density at radius 3 is 2.39 bits per heavy atom. The van der Waals surface area contributed by atoms with E-state index in [2.05, 4.69) is 20.9 Å². The lowest BCUT2D eigenvalue weighted by atomic mass is 10.0. The van der Waals surface area contributed by atoms with Crippen LogP contribution < -0.4 is 20.9 Å². The minimum absolute atomic E-state index is 0.0356. The number of nitrogens with zero attached hydrogens (tertiary/aromatic N) is 3. The number of fused-ring (bicyclic) bond motifs is 1. The van der Waals surface area contributed by atoms with Gasteiger partial charge in [-0.15, -0.1) is 0 Å². The summed E-state index contributed by atoms with van der Waals surface area (Å²) < 4.78 is 0. The molecule has 3 N–H and O–H groups in total. The van der Waals surface area contributed by atoms with Crippen LogP contribution in [0.3, 0.4) is 0 Å². The molecule has 4 aliphatic rings. The highest BCUT2D eigenvalue weighted by Gasteiger charge is 2.52. The maximum Gasteiger partial charge on any atom is 0.252 e. The fourth-order valence-electron chi connectivity index (χ4n) is 6.35. The number of likely N-dealkylation sites (tertiary alicyclic amines) is 2. The molecule has 0 aliphatic carbocycles. The molecule has 4 unspecified atom stereocenters. The molecule has 4 fully saturated rings. The highest BCUT2D eigenvalue weighted by atomic mass is 16.2. The van der Waals surface area contributed by atoms with Gasteiger partial charge in [0, 0.05) is 50.4 Å². The van der Waals surface area contributed by atoms with Crippen LogP contribution in [0.1, 0.15) is 56.3 Å². The molecule has 206 valence electrons. The Labute approximate surface area is 224 Å². The Hall–Kier alpha value is -2.98. The summed E-state index contributed by atoms with van der Waals surface area (Å²) in [6.07, 6.45) is 2.94. The largest absolute Gasteiger partial charge is 0.369 e. The van der Waals surface area contributed by atoms with Crippen LogP contribution in [0.5, 0.6) is 0 Å². The van der Waals surface area contributed by atoms with Gasteiger partial charge in [0.05, 0.1) is 18.1 Å². The van der Waals surface area contributed by atoms with E-state index in [1.807, 2.05) is 26.0 Å². The predicted octanol–water partition coefficient (Wildman–Crippen LogP) is 0.721. The molecule has 4 saturated heterocycles. The van der Waals surface area contributed by atoms with Gasteiger partial charge in [0.15, 0.2) is 0 Å². The van der Waals surface area contributed by atoms with Gasteiger partial charge in [-0.25, -0.2) is 0 Å². The van der Waals surface area contributed by atoms with E-state index in [1.54, 1.807) is 17.0 Å². The summed E-state index contributed by atoms with van der Waals surface area (Å²) in [5, 5.41) is 9.51. The quantitative estimate of drug-likeness (QED) is 0.482. The van der Waals surface area contributed by atoms with Crippen molar-refractivity contribution in [2.24, 2.45) is 5.92 Å². The fourth-order valence-corrected chi connectivity index (χ4v) is 6.35. The molecule has 4 amide bonds. The van der Waals surface area contributed by atoms with Gasteiger partial charge in [-0.3, -0.25) is 24.1 Å². The normalized spacial score (nSPS) is 26.1. The Bertz CT molecular complexity index is 1050. The summed E-state index contributed by atoms with van der Waals surface area (Å²) in [4.78, 5) is 58.5. The highest BCUT2D eigenvalue weighted by molar-refractivity contribution is 6.04. The van der Waals surface area contributed by atoms with Crippen LogP contribution in [0.2, 0.25) is 0 Å².